The normalized spacial score (nSPS) is 19.2. The second-order valence-electron chi connectivity index (χ2n) is 9.94. The van der Waals surface area contributed by atoms with E-state index >= 15 is 0 Å². The fourth-order valence-electron chi connectivity index (χ4n) is 5.39. The van der Waals surface area contributed by atoms with Crippen LogP contribution in [0.4, 0.5) is 5.95 Å². The lowest BCUT2D eigenvalue weighted by Crippen LogP contribution is -2.45. The van der Waals surface area contributed by atoms with Crippen molar-refractivity contribution >= 4 is 46.0 Å². The first kappa shape index (κ1) is 28.4. The summed E-state index contributed by atoms with van der Waals surface area (Å²) in [7, 11) is 3.09. The van der Waals surface area contributed by atoms with Gasteiger partial charge in [-0.25, -0.2) is 9.97 Å². The zero-order valence-corrected chi connectivity index (χ0v) is 24.2. The van der Waals surface area contributed by atoms with Gasteiger partial charge in [0.15, 0.2) is 0 Å². The third kappa shape index (κ3) is 5.83. The number of halogens is 2. The fraction of sp³-hybridized carbons (Fsp3) is 0.414. The lowest BCUT2D eigenvalue weighted by molar-refractivity contribution is -0.136. The second-order valence-corrected chi connectivity index (χ2v) is 10.7. The van der Waals surface area contributed by atoms with E-state index in [1.807, 2.05) is 23.1 Å². The third-order valence-corrected chi connectivity index (χ3v) is 8.12. The van der Waals surface area contributed by atoms with Crippen LogP contribution in [0.3, 0.4) is 0 Å². The van der Waals surface area contributed by atoms with Crippen molar-refractivity contribution in [2.24, 2.45) is 0 Å². The molecular formula is C29H33Cl2N5O4. The first-order chi connectivity index (χ1) is 19.4. The van der Waals surface area contributed by atoms with Crippen molar-refractivity contribution in [2.75, 3.05) is 52.5 Å². The van der Waals surface area contributed by atoms with Gasteiger partial charge in [-0.05, 0) is 37.0 Å². The summed E-state index contributed by atoms with van der Waals surface area (Å²) in [4.78, 5) is 26.6. The van der Waals surface area contributed by atoms with Crippen LogP contribution < -0.4 is 14.8 Å². The number of amides is 1. The Morgan fingerprint density at radius 2 is 1.88 bits per heavy atom. The van der Waals surface area contributed by atoms with Gasteiger partial charge in [0.25, 0.3) is 0 Å². The van der Waals surface area contributed by atoms with Crippen molar-refractivity contribution in [1.29, 1.82) is 0 Å². The van der Waals surface area contributed by atoms with E-state index in [9.17, 15) is 4.79 Å². The van der Waals surface area contributed by atoms with Gasteiger partial charge in [0.05, 0.1) is 42.4 Å². The molecule has 2 saturated heterocycles. The first-order valence-electron chi connectivity index (χ1n) is 13.3. The number of benzene rings is 2. The molecular weight excluding hydrogens is 553 g/mol. The van der Waals surface area contributed by atoms with Gasteiger partial charge in [-0.1, -0.05) is 35.3 Å². The van der Waals surface area contributed by atoms with E-state index in [4.69, 9.17) is 42.4 Å². The summed E-state index contributed by atoms with van der Waals surface area (Å²) >= 11 is 13.3. The molecule has 212 valence electrons. The predicted octanol–water partition coefficient (Wildman–Crippen LogP) is 5.26. The molecule has 9 nitrogen and oxygen atoms in total. The molecule has 11 heteroatoms. The van der Waals surface area contributed by atoms with Gasteiger partial charge < -0.3 is 24.4 Å². The number of rotatable bonds is 10. The Morgan fingerprint density at radius 3 is 2.55 bits per heavy atom. The molecule has 2 aliphatic heterocycles. The van der Waals surface area contributed by atoms with E-state index in [0.29, 0.717) is 59.4 Å². The number of hydrogen-bond acceptors (Lipinski definition) is 8. The molecule has 0 aliphatic carbocycles. The Labute approximate surface area is 244 Å². The molecule has 0 saturated carbocycles. The molecule has 2 fully saturated rings. The smallest absolute Gasteiger partial charge is 0.240 e. The van der Waals surface area contributed by atoms with Crippen LogP contribution in [-0.4, -0.2) is 85.0 Å². The van der Waals surface area contributed by atoms with Crippen molar-refractivity contribution in [2.45, 2.75) is 31.3 Å². The van der Waals surface area contributed by atoms with Crippen molar-refractivity contribution in [3.05, 3.63) is 53.2 Å². The largest absolute Gasteiger partial charge is 0.495 e. The van der Waals surface area contributed by atoms with Crippen molar-refractivity contribution in [3.8, 4) is 22.6 Å². The Bertz CT molecular complexity index is 1370. The zero-order valence-electron chi connectivity index (χ0n) is 22.7. The number of nitrogens with zero attached hydrogens (tertiary/aromatic N) is 4. The van der Waals surface area contributed by atoms with Crippen LogP contribution >= 0.6 is 23.2 Å². The molecule has 3 aromatic rings. The lowest BCUT2D eigenvalue weighted by Gasteiger charge is -2.27. The van der Waals surface area contributed by atoms with E-state index in [2.05, 4.69) is 21.8 Å². The summed E-state index contributed by atoms with van der Waals surface area (Å²) in [6.45, 7) is 6.82. The lowest BCUT2D eigenvalue weighted by atomic mass is 10.0. The Kier molecular flexibility index (Phi) is 8.95. The van der Waals surface area contributed by atoms with Crippen LogP contribution in [0.2, 0.25) is 10.0 Å². The van der Waals surface area contributed by atoms with Gasteiger partial charge in [0.1, 0.15) is 18.2 Å². The molecule has 2 aromatic carbocycles. The number of aromatic nitrogens is 2. The number of hydrogen-bond donors (Lipinski definition) is 1. The average molecular weight is 587 g/mol. The minimum Gasteiger partial charge on any atom is -0.495 e. The maximum Gasteiger partial charge on any atom is 0.240 e. The minimum absolute atomic E-state index is 0.00229. The van der Waals surface area contributed by atoms with E-state index in [0.717, 1.165) is 42.4 Å². The number of carbonyl (C=O) groups excluding carboxylic acids is 1. The molecule has 0 radical (unpaired) electrons. The van der Waals surface area contributed by atoms with E-state index in [1.165, 1.54) is 0 Å². The Morgan fingerprint density at radius 1 is 1.15 bits per heavy atom. The van der Waals surface area contributed by atoms with Crippen LogP contribution in [0, 0.1) is 0 Å². The highest BCUT2D eigenvalue weighted by Crippen LogP contribution is 2.46. The highest BCUT2D eigenvalue weighted by Gasteiger charge is 2.39. The van der Waals surface area contributed by atoms with Gasteiger partial charge in [-0.2, -0.15) is 0 Å². The van der Waals surface area contributed by atoms with E-state index in [-0.39, 0.29) is 18.0 Å². The molecule has 2 atom stereocenters. The molecule has 2 aliphatic rings. The predicted molar refractivity (Wildman–Crippen MR) is 157 cm³/mol. The van der Waals surface area contributed by atoms with Crippen LogP contribution in [0.1, 0.15) is 19.3 Å². The van der Waals surface area contributed by atoms with Crippen LogP contribution in [0.5, 0.6) is 11.5 Å². The summed E-state index contributed by atoms with van der Waals surface area (Å²) in [6, 6.07) is 7.17. The maximum atomic E-state index is 13.3. The second kappa shape index (κ2) is 12.6. The van der Waals surface area contributed by atoms with E-state index < -0.39 is 0 Å². The third-order valence-electron chi connectivity index (χ3n) is 7.37. The van der Waals surface area contributed by atoms with Gasteiger partial charge >= 0.3 is 0 Å². The van der Waals surface area contributed by atoms with Crippen LogP contribution in [-0.2, 0) is 9.53 Å². The Balaban J connectivity index is 1.35. The number of ether oxygens (including phenoxy) is 3. The number of nitrogens with one attached hydrogen (secondary N) is 1. The van der Waals surface area contributed by atoms with Crippen molar-refractivity contribution < 1.29 is 19.0 Å². The fourth-order valence-corrected chi connectivity index (χ4v) is 6.11. The molecule has 1 amide bonds. The molecule has 0 unspecified atom stereocenters. The molecule has 1 N–H and O–H groups in total. The Hall–Kier alpha value is -3.11. The number of anilines is 1. The zero-order chi connectivity index (χ0) is 28.2. The summed E-state index contributed by atoms with van der Waals surface area (Å²) in [5.74, 6) is 1.61. The average Bonchev–Trinajstić information content (AvgIpc) is 3.64. The van der Waals surface area contributed by atoms with Gasteiger partial charge in [-0.3, -0.25) is 9.69 Å². The minimum atomic E-state index is -0.238. The summed E-state index contributed by atoms with van der Waals surface area (Å²) in [6.07, 6.45) is 6.25. The molecule has 0 spiro atoms. The number of carbonyl (C=O) groups is 1. The topological polar surface area (TPSA) is 89.0 Å². The van der Waals surface area contributed by atoms with Crippen LogP contribution in [0.25, 0.3) is 22.0 Å². The van der Waals surface area contributed by atoms with Crippen molar-refractivity contribution in [1.82, 2.24) is 19.8 Å². The van der Waals surface area contributed by atoms with Gasteiger partial charge in [0.2, 0.25) is 11.9 Å². The monoisotopic (exact) mass is 585 g/mol. The van der Waals surface area contributed by atoms with Gasteiger partial charge in [0, 0.05) is 48.9 Å². The summed E-state index contributed by atoms with van der Waals surface area (Å²) in [5.41, 5.74) is 2.16. The SMILES string of the molecule is C=CCOCN1C[C@@H](Nc2ncc3cc(-c4c(Cl)c(OC)cc(OC)c4Cl)ccc3n2)C[C@H]1C(=O)N1CCCC1. The number of fused-ring (bicyclic) bond motifs is 1. The quantitative estimate of drug-likeness (QED) is 0.254. The number of likely N-dealkylation sites (tertiary alicyclic amines) is 2. The van der Waals surface area contributed by atoms with Gasteiger partial charge in [-0.15, -0.1) is 6.58 Å². The summed E-state index contributed by atoms with van der Waals surface area (Å²) < 4.78 is 16.5. The standard InChI is InChI=1S/C29H33Cl2N5O4/c1-4-11-40-17-36-16-20(13-22(36)28(37)35-9-5-6-10-35)33-29-32-15-19-12-18(7-8-21(19)34-29)25-26(30)23(38-2)14-24(39-3)27(25)31/h4,7-8,12,14-15,20,22H,1,5-6,9-11,13,16-17H2,2-3H3,(H,32,33,34)/t20-,22-/m0/s1. The van der Waals surface area contributed by atoms with Crippen LogP contribution in [0.15, 0.2) is 43.1 Å². The number of methoxy groups -OCH3 is 2. The molecule has 40 heavy (non-hydrogen) atoms. The highest BCUT2D eigenvalue weighted by molar-refractivity contribution is 6.41. The van der Waals surface area contributed by atoms with E-state index in [1.54, 1.807) is 32.6 Å². The molecule has 5 rings (SSSR count). The molecule has 1 aromatic heterocycles. The molecule has 3 heterocycles. The van der Waals surface area contributed by atoms with Crippen molar-refractivity contribution in [3.63, 3.8) is 0 Å². The first-order valence-corrected chi connectivity index (χ1v) is 14.0. The molecule has 0 bridgehead atoms. The highest BCUT2D eigenvalue weighted by atomic mass is 35.5. The maximum absolute atomic E-state index is 13.3. The summed E-state index contributed by atoms with van der Waals surface area (Å²) in [5, 5.41) is 5.05.